The maximum absolute atomic E-state index is 10.9. The molecule has 1 atom stereocenters. The summed E-state index contributed by atoms with van der Waals surface area (Å²) >= 11 is 0. The number of amides is 1. The molecule has 0 aromatic carbocycles. The van der Waals surface area contributed by atoms with Crippen LogP contribution in [0.3, 0.4) is 0 Å². The van der Waals surface area contributed by atoms with Crippen molar-refractivity contribution in [1.29, 1.82) is 0 Å². The fraction of sp³-hybridized carbons (Fsp3) is 0.889. The molecule has 1 aliphatic heterocycles. The van der Waals surface area contributed by atoms with Crippen LogP contribution >= 0.6 is 0 Å². The number of carbonyl (C=O) groups is 1. The minimum Gasteiger partial charge on any atom is -0.379 e. The van der Waals surface area contributed by atoms with Crippen molar-refractivity contribution in [3.63, 3.8) is 0 Å². The number of hydrogen-bond acceptors (Lipinski definition) is 4. The minimum atomic E-state index is -0.185. The summed E-state index contributed by atoms with van der Waals surface area (Å²) in [4.78, 5) is 13.1. The number of hydrogen-bond donors (Lipinski definition) is 2. The summed E-state index contributed by atoms with van der Waals surface area (Å²) in [6.07, 6.45) is 0.881. The molecule has 5 heteroatoms. The zero-order valence-corrected chi connectivity index (χ0v) is 8.45. The number of carbonyl (C=O) groups excluding carboxylic acids is 1. The third-order valence-corrected chi connectivity index (χ3v) is 2.49. The zero-order chi connectivity index (χ0) is 10.4. The normalized spacial score (nSPS) is 22.8. The van der Waals surface area contributed by atoms with Gasteiger partial charge < -0.3 is 21.1 Å². The first-order chi connectivity index (χ1) is 6.74. The van der Waals surface area contributed by atoms with Crippen molar-refractivity contribution >= 4 is 5.91 Å². The van der Waals surface area contributed by atoms with Crippen LogP contribution in [-0.2, 0) is 9.53 Å². The van der Waals surface area contributed by atoms with Gasteiger partial charge >= 0.3 is 0 Å². The second kappa shape index (κ2) is 5.95. The van der Waals surface area contributed by atoms with Gasteiger partial charge in [-0.05, 0) is 13.0 Å². The van der Waals surface area contributed by atoms with E-state index in [-0.39, 0.29) is 11.8 Å². The lowest BCUT2D eigenvalue weighted by molar-refractivity contribution is -0.121. The van der Waals surface area contributed by atoms with Crippen molar-refractivity contribution in [1.82, 2.24) is 4.90 Å². The molecule has 1 amide bonds. The Labute approximate surface area is 84.4 Å². The molecule has 1 aliphatic rings. The van der Waals surface area contributed by atoms with E-state index >= 15 is 0 Å². The van der Waals surface area contributed by atoms with Gasteiger partial charge in [0, 0.05) is 19.6 Å². The van der Waals surface area contributed by atoms with Crippen molar-refractivity contribution in [2.45, 2.75) is 6.42 Å². The molecule has 1 saturated heterocycles. The molecule has 0 aliphatic carbocycles. The highest BCUT2D eigenvalue weighted by molar-refractivity contribution is 5.77. The molecule has 1 unspecified atom stereocenters. The van der Waals surface area contributed by atoms with Gasteiger partial charge in [-0.15, -0.1) is 0 Å². The average Bonchev–Trinajstić information content (AvgIpc) is 2.61. The molecule has 0 bridgehead atoms. The molecule has 82 valence electrons. The topological polar surface area (TPSA) is 81.6 Å². The van der Waals surface area contributed by atoms with Gasteiger partial charge in [-0.3, -0.25) is 4.79 Å². The lowest BCUT2D eigenvalue weighted by atomic mass is 10.1. The minimum absolute atomic E-state index is 0.0320. The third kappa shape index (κ3) is 3.61. The van der Waals surface area contributed by atoms with E-state index in [1.54, 1.807) is 0 Å². The maximum Gasteiger partial charge on any atom is 0.221 e. The van der Waals surface area contributed by atoms with E-state index < -0.39 is 0 Å². The van der Waals surface area contributed by atoms with Crippen molar-refractivity contribution < 1.29 is 9.53 Å². The summed E-state index contributed by atoms with van der Waals surface area (Å²) in [6.45, 7) is 4.43. The monoisotopic (exact) mass is 201 g/mol. The van der Waals surface area contributed by atoms with Gasteiger partial charge in [0.05, 0.1) is 19.1 Å². The largest absolute Gasteiger partial charge is 0.379 e. The third-order valence-electron chi connectivity index (χ3n) is 2.49. The Kier molecular flexibility index (Phi) is 4.86. The van der Waals surface area contributed by atoms with Crippen LogP contribution in [0.5, 0.6) is 0 Å². The molecule has 1 rings (SSSR count). The van der Waals surface area contributed by atoms with E-state index in [2.05, 4.69) is 4.90 Å². The van der Waals surface area contributed by atoms with Crippen LogP contribution in [0.15, 0.2) is 0 Å². The Balaban J connectivity index is 2.07. The highest BCUT2D eigenvalue weighted by atomic mass is 16.5. The van der Waals surface area contributed by atoms with Gasteiger partial charge in [-0.1, -0.05) is 0 Å². The highest BCUT2D eigenvalue weighted by Crippen LogP contribution is 2.14. The fourth-order valence-corrected chi connectivity index (χ4v) is 1.65. The first-order valence-corrected chi connectivity index (χ1v) is 5.03. The number of primary amides is 1. The smallest absolute Gasteiger partial charge is 0.221 e. The Morgan fingerprint density at radius 2 is 2.29 bits per heavy atom. The molecular formula is C9H19N3O2. The average molecular weight is 201 g/mol. The van der Waals surface area contributed by atoms with Crippen LogP contribution in [0.4, 0.5) is 0 Å². The Morgan fingerprint density at radius 1 is 1.50 bits per heavy atom. The highest BCUT2D eigenvalue weighted by Gasteiger charge is 2.25. The SMILES string of the molecule is NCCOCCN1CCC(C(N)=O)C1. The lowest BCUT2D eigenvalue weighted by Gasteiger charge is -2.14. The molecule has 14 heavy (non-hydrogen) atoms. The molecule has 5 nitrogen and oxygen atoms in total. The summed E-state index contributed by atoms with van der Waals surface area (Å²) in [5.41, 5.74) is 10.5. The van der Waals surface area contributed by atoms with E-state index in [1.165, 1.54) is 0 Å². The van der Waals surface area contributed by atoms with Crippen LogP contribution in [-0.4, -0.2) is 50.2 Å². The summed E-state index contributed by atoms with van der Waals surface area (Å²) in [5.74, 6) is -0.153. The van der Waals surface area contributed by atoms with E-state index in [4.69, 9.17) is 16.2 Å². The molecule has 0 aromatic rings. The Hall–Kier alpha value is -0.650. The van der Waals surface area contributed by atoms with Gasteiger partial charge in [0.2, 0.25) is 5.91 Å². The Morgan fingerprint density at radius 3 is 2.86 bits per heavy atom. The number of nitrogens with zero attached hydrogens (tertiary/aromatic N) is 1. The molecular weight excluding hydrogens is 182 g/mol. The molecule has 0 saturated carbocycles. The number of rotatable bonds is 6. The summed E-state index contributed by atoms with van der Waals surface area (Å²) in [6, 6.07) is 0. The van der Waals surface area contributed by atoms with Crippen LogP contribution in [0.25, 0.3) is 0 Å². The van der Waals surface area contributed by atoms with Gasteiger partial charge in [0.1, 0.15) is 0 Å². The molecule has 0 radical (unpaired) electrons. The van der Waals surface area contributed by atoms with E-state index in [0.717, 1.165) is 26.1 Å². The van der Waals surface area contributed by atoms with Gasteiger partial charge in [0.25, 0.3) is 0 Å². The van der Waals surface area contributed by atoms with Gasteiger partial charge in [-0.25, -0.2) is 0 Å². The van der Waals surface area contributed by atoms with Crippen LogP contribution in [0.2, 0.25) is 0 Å². The van der Waals surface area contributed by atoms with E-state index in [1.807, 2.05) is 0 Å². The maximum atomic E-state index is 10.9. The van der Waals surface area contributed by atoms with Crippen molar-refractivity contribution in [2.75, 3.05) is 39.4 Å². The molecule has 4 N–H and O–H groups in total. The van der Waals surface area contributed by atoms with Crippen molar-refractivity contribution in [2.24, 2.45) is 17.4 Å². The predicted octanol–water partition coefficient (Wildman–Crippen LogP) is -1.23. The summed E-state index contributed by atoms with van der Waals surface area (Å²) < 4.78 is 5.26. The molecule has 0 aromatic heterocycles. The number of likely N-dealkylation sites (tertiary alicyclic amines) is 1. The molecule has 1 heterocycles. The lowest BCUT2D eigenvalue weighted by Crippen LogP contribution is -2.29. The second-order valence-electron chi connectivity index (χ2n) is 3.59. The second-order valence-corrected chi connectivity index (χ2v) is 3.59. The van der Waals surface area contributed by atoms with Gasteiger partial charge in [0.15, 0.2) is 0 Å². The van der Waals surface area contributed by atoms with Crippen LogP contribution in [0, 0.1) is 5.92 Å². The standard InChI is InChI=1S/C9H19N3O2/c10-2-5-14-6-4-12-3-1-8(7-12)9(11)13/h8H,1-7,10H2,(H2,11,13). The van der Waals surface area contributed by atoms with Crippen molar-refractivity contribution in [3.8, 4) is 0 Å². The van der Waals surface area contributed by atoms with E-state index in [9.17, 15) is 4.79 Å². The number of ether oxygens (including phenoxy) is 1. The van der Waals surface area contributed by atoms with E-state index in [0.29, 0.717) is 19.8 Å². The molecule has 0 spiro atoms. The quantitative estimate of drug-likeness (QED) is 0.527. The van der Waals surface area contributed by atoms with Gasteiger partial charge in [-0.2, -0.15) is 0 Å². The van der Waals surface area contributed by atoms with Crippen molar-refractivity contribution in [3.05, 3.63) is 0 Å². The first kappa shape index (κ1) is 11.4. The zero-order valence-electron chi connectivity index (χ0n) is 8.45. The molecule has 1 fully saturated rings. The fourth-order valence-electron chi connectivity index (χ4n) is 1.65. The Bertz CT molecular complexity index is 187. The van der Waals surface area contributed by atoms with Crippen LogP contribution in [0.1, 0.15) is 6.42 Å². The number of nitrogens with two attached hydrogens (primary N) is 2. The summed E-state index contributed by atoms with van der Waals surface area (Å²) in [7, 11) is 0. The first-order valence-electron chi connectivity index (χ1n) is 5.03. The van der Waals surface area contributed by atoms with Crippen LogP contribution < -0.4 is 11.5 Å². The predicted molar refractivity (Wildman–Crippen MR) is 53.6 cm³/mol. The summed E-state index contributed by atoms with van der Waals surface area (Å²) in [5, 5.41) is 0.